The monoisotopic (exact) mass is 482 g/mol. The summed E-state index contributed by atoms with van der Waals surface area (Å²) in [6, 6.07) is 18.7. The first kappa shape index (κ1) is 22.8. The normalized spacial score (nSPS) is 16.2. The molecule has 0 aliphatic carbocycles. The molecule has 8 heteroatoms. The molecule has 1 aliphatic rings. The highest BCUT2D eigenvalue weighted by molar-refractivity contribution is 6.04. The predicted molar refractivity (Wildman–Crippen MR) is 138 cm³/mol. The fourth-order valence-electron chi connectivity index (χ4n) is 5.06. The standard InChI is InChI=1S/C28H30N6O2/c1-19-23(18-21-10-4-3-5-11-21)20(2)34(32-19)28-29-27-26(30-31-28)22-12-6-7-13-24(22)33(27)15-17-36-25-14-8-9-16-35-25/h3-7,10-13,25H,8-9,14-18H2,1-2H3. The van der Waals surface area contributed by atoms with E-state index in [4.69, 9.17) is 19.6 Å². The van der Waals surface area contributed by atoms with E-state index >= 15 is 0 Å². The van der Waals surface area contributed by atoms with Crippen molar-refractivity contribution in [3.8, 4) is 5.95 Å². The van der Waals surface area contributed by atoms with Gasteiger partial charge in [-0.05, 0) is 44.7 Å². The lowest BCUT2D eigenvalue weighted by Gasteiger charge is -2.22. The molecule has 5 aromatic rings. The van der Waals surface area contributed by atoms with Crippen LogP contribution in [-0.2, 0) is 22.4 Å². The topological polar surface area (TPSA) is 79.9 Å². The second-order valence-corrected chi connectivity index (χ2v) is 9.34. The summed E-state index contributed by atoms with van der Waals surface area (Å²) < 4.78 is 15.8. The first-order valence-corrected chi connectivity index (χ1v) is 12.6. The minimum Gasteiger partial charge on any atom is -0.353 e. The highest BCUT2D eigenvalue weighted by Crippen LogP contribution is 2.27. The van der Waals surface area contributed by atoms with E-state index in [2.05, 4.69) is 58.1 Å². The third-order valence-electron chi connectivity index (χ3n) is 6.97. The first-order chi connectivity index (χ1) is 17.7. The van der Waals surface area contributed by atoms with Gasteiger partial charge < -0.3 is 14.0 Å². The Morgan fingerprint density at radius 3 is 2.67 bits per heavy atom. The smallest absolute Gasteiger partial charge is 0.272 e. The fourth-order valence-corrected chi connectivity index (χ4v) is 5.06. The summed E-state index contributed by atoms with van der Waals surface area (Å²) in [6.07, 6.45) is 3.90. The van der Waals surface area contributed by atoms with Crippen LogP contribution >= 0.6 is 0 Å². The summed E-state index contributed by atoms with van der Waals surface area (Å²) in [4.78, 5) is 4.97. The summed E-state index contributed by atoms with van der Waals surface area (Å²) in [5, 5.41) is 14.9. The third kappa shape index (κ3) is 4.27. The summed E-state index contributed by atoms with van der Waals surface area (Å²) in [5.74, 6) is 0.475. The van der Waals surface area contributed by atoms with Gasteiger partial charge in [-0.1, -0.05) is 48.5 Å². The van der Waals surface area contributed by atoms with Gasteiger partial charge in [-0.25, -0.2) is 4.68 Å². The Labute approximate surface area is 209 Å². The Balaban J connectivity index is 1.35. The Morgan fingerprint density at radius 1 is 1.00 bits per heavy atom. The molecule has 6 rings (SSSR count). The van der Waals surface area contributed by atoms with E-state index in [0.717, 1.165) is 65.7 Å². The molecule has 1 fully saturated rings. The van der Waals surface area contributed by atoms with Gasteiger partial charge in [0.2, 0.25) is 0 Å². The molecule has 4 heterocycles. The Kier molecular flexibility index (Phi) is 6.21. The second-order valence-electron chi connectivity index (χ2n) is 9.34. The zero-order valence-electron chi connectivity index (χ0n) is 20.7. The van der Waals surface area contributed by atoms with Crippen LogP contribution in [0.3, 0.4) is 0 Å². The minimum absolute atomic E-state index is 0.118. The number of aromatic nitrogens is 6. The lowest BCUT2D eigenvalue weighted by molar-refractivity contribution is -0.163. The van der Waals surface area contributed by atoms with Gasteiger partial charge in [0.15, 0.2) is 11.9 Å². The Morgan fingerprint density at radius 2 is 1.83 bits per heavy atom. The van der Waals surface area contributed by atoms with Crippen molar-refractivity contribution in [1.29, 1.82) is 0 Å². The molecule has 3 aromatic heterocycles. The van der Waals surface area contributed by atoms with Crippen molar-refractivity contribution in [2.24, 2.45) is 0 Å². The first-order valence-electron chi connectivity index (χ1n) is 12.6. The van der Waals surface area contributed by atoms with E-state index in [1.807, 2.05) is 29.8 Å². The summed E-state index contributed by atoms with van der Waals surface area (Å²) in [5.41, 5.74) is 7.07. The number of ether oxygens (including phenoxy) is 2. The number of nitrogens with zero attached hydrogens (tertiary/aromatic N) is 6. The molecule has 0 amide bonds. The van der Waals surface area contributed by atoms with Crippen LogP contribution in [0, 0.1) is 13.8 Å². The van der Waals surface area contributed by atoms with Gasteiger partial charge in [-0.15, -0.1) is 10.2 Å². The number of hydrogen-bond acceptors (Lipinski definition) is 6. The molecule has 0 N–H and O–H groups in total. The number of hydrogen-bond donors (Lipinski definition) is 0. The Hall–Kier alpha value is -3.62. The zero-order valence-corrected chi connectivity index (χ0v) is 20.7. The number of fused-ring (bicyclic) bond motifs is 3. The lowest BCUT2D eigenvalue weighted by Crippen LogP contribution is -2.24. The van der Waals surface area contributed by atoms with Crippen LogP contribution in [0.4, 0.5) is 0 Å². The SMILES string of the molecule is Cc1nn(-c2nnc3c4ccccc4n(CCOC4CCCCO4)c3n2)c(C)c1Cc1ccccc1. The molecule has 0 spiro atoms. The molecule has 184 valence electrons. The van der Waals surface area contributed by atoms with Crippen LogP contribution < -0.4 is 0 Å². The molecule has 2 aromatic carbocycles. The van der Waals surface area contributed by atoms with Crippen LogP contribution in [0.1, 0.15) is 41.8 Å². The average Bonchev–Trinajstić information content (AvgIpc) is 3.39. The van der Waals surface area contributed by atoms with Gasteiger partial charge in [-0.3, -0.25) is 0 Å². The maximum atomic E-state index is 6.04. The number of benzene rings is 2. The van der Waals surface area contributed by atoms with Gasteiger partial charge in [0.1, 0.15) is 5.52 Å². The minimum atomic E-state index is -0.118. The van der Waals surface area contributed by atoms with Crippen molar-refractivity contribution < 1.29 is 9.47 Å². The van der Waals surface area contributed by atoms with Gasteiger partial charge in [-0.2, -0.15) is 10.1 Å². The van der Waals surface area contributed by atoms with Crippen LogP contribution in [0.5, 0.6) is 0 Å². The molecule has 36 heavy (non-hydrogen) atoms. The molecule has 1 atom stereocenters. The van der Waals surface area contributed by atoms with Crippen molar-refractivity contribution >= 4 is 22.1 Å². The van der Waals surface area contributed by atoms with Crippen molar-refractivity contribution in [2.45, 2.75) is 52.4 Å². The molecule has 1 aliphatic heterocycles. The molecule has 0 bridgehead atoms. The summed E-state index contributed by atoms with van der Waals surface area (Å²) >= 11 is 0. The molecular formula is C28H30N6O2. The van der Waals surface area contributed by atoms with Gasteiger partial charge in [0.05, 0.1) is 17.8 Å². The molecule has 0 saturated carbocycles. The molecule has 0 radical (unpaired) electrons. The van der Waals surface area contributed by atoms with E-state index in [9.17, 15) is 0 Å². The molecule has 1 unspecified atom stereocenters. The van der Waals surface area contributed by atoms with Crippen LogP contribution in [0.15, 0.2) is 54.6 Å². The maximum Gasteiger partial charge on any atom is 0.272 e. The van der Waals surface area contributed by atoms with Crippen molar-refractivity contribution in [3.05, 3.63) is 77.1 Å². The van der Waals surface area contributed by atoms with E-state index in [1.54, 1.807) is 0 Å². The molecule has 1 saturated heterocycles. The van der Waals surface area contributed by atoms with E-state index in [0.29, 0.717) is 19.1 Å². The molecule has 8 nitrogen and oxygen atoms in total. The van der Waals surface area contributed by atoms with Crippen LogP contribution in [0.2, 0.25) is 0 Å². The van der Waals surface area contributed by atoms with E-state index < -0.39 is 0 Å². The highest BCUT2D eigenvalue weighted by atomic mass is 16.7. The van der Waals surface area contributed by atoms with Crippen molar-refractivity contribution in [2.75, 3.05) is 13.2 Å². The molecular weight excluding hydrogens is 452 g/mol. The predicted octanol–water partition coefficient (Wildman–Crippen LogP) is 4.92. The number of para-hydroxylation sites is 1. The fraction of sp³-hybridized carbons (Fsp3) is 0.357. The second kappa shape index (κ2) is 9.79. The zero-order chi connectivity index (χ0) is 24.5. The maximum absolute atomic E-state index is 6.04. The van der Waals surface area contributed by atoms with Gasteiger partial charge >= 0.3 is 0 Å². The third-order valence-corrected chi connectivity index (χ3v) is 6.97. The van der Waals surface area contributed by atoms with Gasteiger partial charge in [0.25, 0.3) is 5.95 Å². The van der Waals surface area contributed by atoms with Gasteiger partial charge in [0, 0.05) is 36.2 Å². The quantitative estimate of drug-likeness (QED) is 0.328. The van der Waals surface area contributed by atoms with Crippen LogP contribution in [-0.4, -0.2) is 49.0 Å². The van der Waals surface area contributed by atoms with Crippen LogP contribution in [0.25, 0.3) is 28.0 Å². The Bertz CT molecular complexity index is 1500. The van der Waals surface area contributed by atoms with Crippen molar-refractivity contribution in [1.82, 2.24) is 29.5 Å². The summed E-state index contributed by atoms with van der Waals surface area (Å²) in [7, 11) is 0. The highest BCUT2D eigenvalue weighted by Gasteiger charge is 2.20. The average molecular weight is 483 g/mol. The van der Waals surface area contributed by atoms with E-state index in [-0.39, 0.29) is 6.29 Å². The largest absolute Gasteiger partial charge is 0.353 e. The lowest BCUT2D eigenvalue weighted by atomic mass is 10.0. The number of aryl methyl sites for hydroxylation is 1. The van der Waals surface area contributed by atoms with E-state index in [1.165, 1.54) is 11.1 Å². The summed E-state index contributed by atoms with van der Waals surface area (Å²) in [6.45, 7) is 6.07. The van der Waals surface area contributed by atoms with Crippen molar-refractivity contribution in [3.63, 3.8) is 0 Å². The number of rotatable bonds is 7.